The maximum Gasteiger partial charge on any atom is 0.255 e. The van der Waals surface area contributed by atoms with E-state index in [0.29, 0.717) is 50.4 Å². The molecule has 2 atom stereocenters. The Kier molecular flexibility index (Phi) is 6.70. The first-order chi connectivity index (χ1) is 17.0. The van der Waals surface area contributed by atoms with E-state index < -0.39 is 6.10 Å². The van der Waals surface area contributed by atoms with Crippen LogP contribution in [0.1, 0.15) is 40.4 Å². The molecular weight excluding hydrogens is 448 g/mol. The van der Waals surface area contributed by atoms with Crippen LogP contribution in [0.15, 0.2) is 36.5 Å². The SMILES string of the molecule is CCOc1c(C(=O)N[C@H]2CCOC[C@@H]2O)cc(Cc2ccc(-c3cn(C)nn3)cc2)c2c1CCO2. The molecule has 1 amide bonds. The summed E-state index contributed by atoms with van der Waals surface area (Å²) >= 11 is 0. The molecule has 0 bridgehead atoms. The summed E-state index contributed by atoms with van der Waals surface area (Å²) in [6.07, 6.45) is 3.01. The van der Waals surface area contributed by atoms with E-state index in [2.05, 4.69) is 27.8 Å². The normalized spacial score (nSPS) is 19.2. The zero-order valence-corrected chi connectivity index (χ0v) is 20.0. The van der Waals surface area contributed by atoms with Crippen molar-refractivity contribution in [1.82, 2.24) is 20.3 Å². The van der Waals surface area contributed by atoms with Crippen LogP contribution in [0.5, 0.6) is 11.5 Å². The molecule has 2 aromatic carbocycles. The standard InChI is InChI=1S/C26H30N4O5/c1-3-34-25-19-8-11-35-24(19)18(13-20(25)26(32)27-21-9-10-33-15-23(21)31)12-16-4-6-17(7-5-16)22-14-30(2)29-28-22/h4-7,13-14,21,23,31H,3,8-12,15H2,1-2H3,(H,27,32)/t21-,23-/m0/s1. The second kappa shape index (κ2) is 10.1. The number of ether oxygens (including phenoxy) is 3. The van der Waals surface area contributed by atoms with Crippen LogP contribution in [0.2, 0.25) is 0 Å². The molecule has 184 valence electrons. The molecule has 9 heteroatoms. The van der Waals surface area contributed by atoms with Gasteiger partial charge in [-0.25, -0.2) is 0 Å². The van der Waals surface area contributed by atoms with E-state index in [0.717, 1.165) is 33.7 Å². The average molecular weight is 479 g/mol. The Labute approximate surface area is 204 Å². The van der Waals surface area contributed by atoms with Crippen LogP contribution in [0.25, 0.3) is 11.3 Å². The molecule has 1 saturated heterocycles. The largest absolute Gasteiger partial charge is 0.493 e. The number of benzene rings is 2. The first-order valence-electron chi connectivity index (χ1n) is 12.0. The Morgan fingerprint density at radius 2 is 2.11 bits per heavy atom. The number of hydrogen-bond acceptors (Lipinski definition) is 7. The number of fused-ring (bicyclic) bond motifs is 1. The number of hydrogen-bond donors (Lipinski definition) is 2. The number of carbonyl (C=O) groups is 1. The summed E-state index contributed by atoms with van der Waals surface area (Å²) in [5.74, 6) is 1.11. The highest BCUT2D eigenvalue weighted by molar-refractivity contribution is 5.98. The van der Waals surface area contributed by atoms with Crippen LogP contribution in [-0.4, -0.2) is 64.6 Å². The van der Waals surface area contributed by atoms with Gasteiger partial charge in [-0.2, -0.15) is 0 Å². The summed E-state index contributed by atoms with van der Waals surface area (Å²) in [6.45, 7) is 3.62. The highest BCUT2D eigenvalue weighted by atomic mass is 16.5. The van der Waals surface area contributed by atoms with Crippen molar-refractivity contribution < 1.29 is 24.1 Å². The molecule has 2 aliphatic heterocycles. The molecule has 0 spiro atoms. The van der Waals surface area contributed by atoms with Crippen LogP contribution >= 0.6 is 0 Å². The monoisotopic (exact) mass is 478 g/mol. The number of carbonyl (C=O) groups excluding carboxylic acids is 1. The maximum atomic E-state index is 13.4. The molecule has 9 nitrogen and oxygen atoms in total. The average Bonchev–Trinajstić information content (AvgIpc) is 3.52. The molecule has 1 aromatic heterocycles. The number of aryl methyl sites for hydroxylation is 1. The van der Waals surface area contributed by atoms with E-state index in [-0.39, 0.29) is 18.6 Å². The van der Waals surface area contributed by atoms with Crippen molar-refractivity contribution in [2.75, 3.05) is 26.4 Å². The molecule has 1 fully saturated rings. The lowest BCUT2D eigenvalue weighted by atomic mass is 9.95. The van der Waals surface area contributed by atoms with Crippen molar-refractivity contribution in [1.29, 1.82) is 0 Å². The fourth-order valence-corrected chi connectivity index (χ4v) is 4.67. The maximum absolute atomic E-state index is 13.4. The summed E-state index contributed by atoms with van der Waals surface area (Å²) in [5.41, 5.74) is 5.24. The Morgan fingerprint density at radius 3 is 2.83 bits per heavy atom. The molecule has 2 N–H and O–H groups in total. The molecule has 3 heterocycles. The van der Waals surface area contributed by atoms with E-state index in [4.69, 9.17) is 14.2 Å². The zero-order chi connectivity index (χ0) is 24.4. The first kappa shape index (κ1) is 23.3. The van der Waals surface area contributed by atoms with Gasteiger partial charge in [0, 0.05) is 37.6 Å². The van der Waals surface area contributed by atoms with Crippen molar-refractivity contribution in [2.45, 2.75) is 38.3 Å². The van der Waals surface area contributed by atoms with Crippen LogP contribution in [0.4, 0.5) is 0 Å². The van der Waals surface area contributed by atoms with Gasteiger partial charge in [-0.15, -0.1) is 5.10 Å². The van der Waals surface area contributed by atoms with Gasteiger partial charge in [0.15, 0.2) is 0 Å². The van der Waals surface area contributed by atoms with Crippen LogP contribution in [-0.2, 0) is 24.6 Å². The van der Waals surface area contributed by atoms with Crippen molar-refractivity contribution >= 4 is 5.91 Å². The molecule has 3 aromatic rings. The minimum absolute atomic E-state index is 0.219. The third-order valence-electron chi connectivity index (χ3n) is 6.42. The van der Waals surface area contributed by atoms with Gasteiger partial charge in [0.1, 0.15) is 17.2 Å². The molecule has 0 unspecified atom stereocenters. The van der Waals surface area contributed by atoms with Crippen LogP contribution < -0.4 is 14.8 Å². The lowest BCUT2D eigenvalue weighted by Gasteiger charge is -2.29. The van der Waals surface area contributed by atoms with Gasteiger partial charge in [0.05, 0.1) is 43.7 Å². The van der Waals surface area contributed by atoms with Gasteiger partial charge in [0.25, 0.3) is 5.91 Å². The van der Waals surface area contributed by atoms with Gasteiger partial charge < -0.3 is 24.6 Å². The fraction of sp³-hybridized carbons (Fsp3) is 0.423. The van der Waals surface area contributed by atoms with Crippen LogP contribution in [0, 0.1) is 0 Å². The Hall–Kier alpha value is -3.43. The topological polar surface area (TPSA) is 108 Å². The summed E-state index contributed by atoms with van der Waals surface area (Å²) in [4.78, 5) is 13.4. The smallest absolute Gasteiger partial charge is 0.255 e. The van der Waals surface area contributed by atoms with Gasteiger partial charge in [-0.3, -0.25) is 9.48 Å². The third kappa shape index (κ3) is 4.87. The molecule has 35 heavy (non-hydrogen) atoms. The quantitative estimate of drug-likeness (QED) is 0.536. The predicted octanol–water partition coefficient (Wildman–Crippen LogP) is 2.29. The fourth-order valence-electron chi connectivity index (χ4n) is 4.67. The van der Waals surface area contributed by atoms with E-state index in [9.17, 15) is 9.90 Å². The number of amides is 1. The molecular formula is C26H30N4O5. The molecule has 0 aliphatic carbocycles. The molecule has 0 saturated carbocycles. The number of nitrogens with one attached hydrogen (secondary N) is 1. The minimum Gasteiger partial charge on any atom is -0.493 e. The van der Waals surface area contributed by atoms with Gasteiger partial charge in [-0.05, 0) is 30.5 Å². The van der Waals surface area contributed by atoms with Crippen molar-refractivity contribution in [3.63, 3.8) is 0 Å². The Bertz CT molecular complexity index is 1210. The van der Waals surface area contributed by atoms with Gasteiger partial charge in [0.2, 0.25) is 0 Å². The zero-order valence-electron chi connectivity index (χ0n) is 20.0. The van der Waals surface area contributed by atoms with Crippen molar-refractivity contribution in [2.24, 2.45) is 7.05 Å². The molecule has 5 rings (SSSR count). The molecule has 2 aliphatic rings. The lowest BCUT2D eigenvalue weighted by molar-refractivity contribution is -0.0261. The summed E-state index contributed by atoms with van der Waals surface area (Å²) in [6, 6.07) is 9.67. The van der Waals surface area contributed by atoms with Crippen molar-refractivity contribution in [3.05, 3.63) is 58.8 Å². The Morgan fingerprint density at radius 1 is 1.29 bits per heavy atom. The predicted molar refractivity (Wildman–Crippen MR) is 129 cm³/mol. The van der Waals surface area contributed by atoms with E-state index in [1.165, 1.54) is 0 Å². The number of nitrogens with zero attached hydrogens (tertiary/aromatic N) is 3. The number of aromatic nitrogens is 3. The van der Waals surface area contributed by atoms with Crippen LogP contribution in [0.3, 0.4) is 0 Å². The van der Waals surface area contributed by atoms with E-state index in [1.807, 2.05) is 38.4 Å². The van der Waals surface area contributed by atoms with Crippen molar-refractivity contribution in [3.8, 4) is 22.8 Å². The van der Waals surface area contributed by atoms with Gasteiger partial charge >= 0.3 is 0 Å². The van der Waals surface area contributed by atoms with E-state index >= 15 is 0 Å². The highest BCUT2D eigenvalue weighted by Crippen LogP contribution is 2.41. The minimum atomic E-state index is -0.728. The summed E-state index contributed by atoms with van der Waals surface area (Å²) < 4.78 is 18.9. The number of aliphatic hydroxyl groups excluding tert-OH is 1. The van der Waals surface area contributed by atoms with Gasteiger partial charge in [-0.1, -0.05) is 29.5 Å². The Balaban J connectivity index is 1.44. The number of rotatable bonds is 7. The third-order valence-corrected chi connectivity index (χ3v) is 6.42. The summed E-state index contributed by atoms with van der Waals surface area (Å²) in [5, 5.41) is 21.4. The second-order valence-corrected chi connectivity index (χ2v) is 8.91. The summed E-state index contributed by atoms with van der Waals surface area (Å²) in [7, 11) is 1.84. The highest BCUT2D eigenvalue weighted by Gasteiger charge is 2.30. The second-order valence-electron chi connectivity index (χ2n) is 8.91. The number of aliphatic hydroxyl groups is 1. The van der Waals surface area contributed by atoms with E-state index in [1.54, 1.807) is 4.68 Å². The lowest BCUT2D eigenvalue weighted by Crippen LogP contribution is -2.48. The first-order valence-corrected chi connectivity index (χ1v) is 12.0. The molecule has 0 radical (unpaired) electrons.